The third-order valence-corrected chi connectivity index (χ3v) is 8.29. The van der Waals surface area contributed by atoms with Gasteiger partial charge >= 0.3 is 5.69 Å². The van der Waals surface area contributed by atoms with Gasteiger partial charge in [0.2, 0.25) is 5.82 Å². The lowest BCUT2D eigenvalue weighted by atomic mass is 9.74. The number of imidazole rings is 1. The van der Waals surface area contributed by atoms with Crippen LogP contribution in [-0.2, 0) is 13.0 Å². The molecule has 4 aromatic rings. The first kappa shape index (κ1) is 27.0. The van der Waals surface area contributed by atoms with E-state index in [1.807, 2.05) is 41.1 Å². The molecule has 0 radical (unpaired) electrons. The van der Waals surface area contributed by atoms with Crippen LogP contribution >= 0.6 is 0 Å². The van der Waals surface area contributed by atoms with Crippen molar-refractivity contribution in [3.63, 3.8) is 0 Å². The standard InChI is InChI=1S/C31H41N7O/c1-5-6-12-24-21-38(28-16-9-7-8-15-27(28)31(2,3)4)30(39)37(24)20-23-18-17-22(19-32-23)25-13-10-11-14-26(25)29-33-35-36-34-29/h10-11,13-14,17-19,21,27-28H,5-9,12,15-16,20H2,1-4H3,(H,33,34,35,36). The van der Waals surface area contributed by atoms with Crippen LogP contribution in [0.1, 0.15) is 90.1 Å². The number of H-pyrrole nitrogens is 1. The highest BCUT2D eigenvalue weighted by Crippen LogP contribution is 2.43. The number of rotatable bonds is 8. The van der Waals surface area contributed by atoms with Gasteiger partial charge in [-0.1, -0.05) is 83.7 Å². The number of hydrogen-bond donors (Lipinski definition) is 1. The molecular weight excluding hydrogens is 486 g/mol. The summed E-state index contributed by atoms with van der Waals surface area (Å²) >= 11 is 0. The number of unbranched alkanes of at least 4 members (excludes halogenated alkanes) is 1. The predicted octanol–water partition coefficient (Wildman–Crippen LogP) is 6.45. The second-order valence-electron chi connectivity index (χ2n) is 12.0. The zero-order valence-corrected chi connectivity index (χ0v) is 23.7. The summed E-state index contributed by atoms with van der Waals surface area (Å²) in [5.41, 5.74) is 5.13. The minimum absolute atomic E-state index is 0.107. The van der Waals surface area contributed by atoms with Crippen LogP contribution in [0.25, 0.3) is 22.5 Å². The zero-order chi connectivity index (χ0) is 27.4. The monoisotopic (exact) mass is 527 g/mol. The summed E-state index contributed by atoms with van der Waals surface area (Å²) < 4.78 is 4.05. The average molecular weight is 528 g/mol. The number of tetrazole rings is 1. The lowest BCUT2D eigenvalue weighted by Crippen LogP contribution is -2.35. The molecule has 2 atom stereocenters. The second kappa shape index (κ2) is 11.7. The van der Waals surface area contributed by atoms with Crippen molar-refractivity contribution in [2.24, 2.45) is 11.3 Å². The molecule has 8 heteroatoms. The minimum atomic E-state index is 0.107. The molecule has 0 saturated heterocycles. The van der Waals surface area contributed by atoms with Crippen LogP contribution in [0.15, 0.2) is 53.6 Å². The Balaban J connectivity index is 1.46. The molecule has 1 fully saturated rings. The summed E-state index contributed by atoms with van der Waals surface area (Å²) in [6.45, 7) is 9.67. The van der Waals surface area contributed by atoms with E-state index in [1.165, 1.54) is 25.7 Å². The molecule has 1 aliphatic rings. The van der Waals surface area contributed by atoms with Gasteiger partial charge in [0.15, 0.2) is 0 Å². The molecule has 3 aromatic heterocycles. The van der Waals surface area contributed by atoms with Gasteiger partial charge in [0.25, 0.3) is 0 Å². The van der Waals surface area contributed by atoms with Gasteiger partial charge in [-0.2, -0.15) is 5.21 Å². The van der Waals surface area contributed by atoms with E-state index >= 15 is 0 Å². The third kappa shape index (κ3) is 5.89. The molecule has 1 aromatic carbocycles. The maximum Gasteiger partial charge on any atom is 0.328 e. The Hall–Kier alpha value is -3.55. The molecule has 39 heavy (non-hydrogen) atoms. The normalized spacial score (nSPS) is 18.3. The Bertz CT molecular complexity index is 1410. The smallest absolute Gasteiger partial charge is 0.296 e. The van der Waals surface area contributed by atoms with Crippen LogP contribution in [0.2, 0.25) is 0 Å². The van der Waals surface area contributed by atoms with Gasteiger partial charge in [0.1, 0.15) is 0 Å². The number of benzene rings is 1. The van der Waals surface area contributed by atoms with Gasteiger partial charge in [0, 0.05) is 35.3 Å². The topological polar surface area (TPSA) is 94.3 Å². The van der Waals surface area contributed by atoms with E-state index in [1.54, 1.807) is 0 Å². The summed E-state index contributed by atoms with van der Waals surface area (Å²) in [6.07, 6.45) is 13.1. The van der Waals surface area contributed by atoms with E-state index in [4.69, 9.17) is 4.98 Å². The van der Waals surface area contributed by atoms with Crippen molar-refractivity contribution < 1.29 is 0 Å². The van der Waals surface area contributed by atoms with Gasteiger partial charge in [-0.25, -0.2) is 4.79 Å². The van der Waals surface area contributed by atoms with E-state index in [9.17, 15) is 4.79 Å². The molecule has 206 valence electrons. The van der Waals surface area contributed by atoms with Gasteiger partial charge in [-0.05, 0) is 53.9 Å². The van der Waals surface area contributed by atoms with Crippen molar-refractivity contribution in [2.45, 2.75) is 91.6 Å². The quantitative estimate of drug-likeness (QED) is 0.266. The van der Waals surface area contributed by atoms with Gasteiger partial charge in [-0.3, -0.25) is 14.1 Å². The molecular formula is C31H41N7O. The molecule has 1 N–H and O–H groups in total. The Morgan fingerprint density at radius 1 is 1.03 bits per heavy atom. The number of aromatic nitrogens is 7. The molecule has 2 unspecified atom stereocenters. The summed E-state index contributed by atoms with van der Waals surface area (Å²) in [5.74, 6) is 1.04. The third-order valence-electron chi connectivity index (χ3n) is 8.29. The Morgan fingerprint density at radius 3 is 2.51 bits per heavy atom. The summed E-state index contributed by atoms with van der Waals surface area (Å²) in [7, 11) is 0. The van der Waals surface area contributed by atoms with E-state index in [2.05, 4.69) is 65.1 Å². The van der Waals surface area contributed by atoms with Crippen LogP contribution in [0, 0.1) is 11.3 Å². The number of aromatic amines is 1. The number of pyridine rings is 1. The van der Waals surface area contributed by atoms with Crippen molar-refractivity contribution in [1.82, 2.24) is 34.7 Å². The molecule has 5 rings (SSSR count). The number of nitrogens with zero attached hydrogens (tertiary/aromatic N) is 6. The van der Waals surface area contributed by atoms with Crippen molar-refractivity contribution in [1.29, 1.82) is 0 Å². The maximum absolute atomic E-state index is 14.0. The molecule has 0 bridgehead atoms. The van der Waals surface area contributed by atoms with Gasteiger partial charge in [-0.15, -0.1) is 10.2 Å². The van der Waals surface area contributed by atoms with Gasteiger partial charge in [0.05, 0.1) is 12.2 Å². The van der Waals surface area contributed by atoms with Crippen LogP contribution < -0.4 is 5.69 Å². The fraction of sp³-hybridized carbons (Fsp3) is 0.516. The highest BCUT2D eigenvalue weighted by Gasteiger charge is 2.35. The van der Waals surface area contributed by atoms with E-state index in [0.29, 0.717) is 18.3 Å². The highest BCUT2D eigenvalue weighted by molar-refractivity contribution is 5.79. The minimum Gasteiger partial charge on any atom is -0.296 e. The molecule has 0 aliphatic heterocycles. The highest BCUT2D eigenvalue weighted by atomic mass is 16.1. The van der Waals surface area contributed by atoms with E-state index in [-0.39, 0.29) is 17.1 Å². The molecule has 0 spiro atoms. The van der Waals surface area contributed by atoms with Gasteiger partial charge < -0.3 is 0 Å². The summed E-state index contributed by atoms with van der Waals surface area (Å²) in [5, 5.41) is 14.5. The average Bonchev–Trinajstić information content (AvgIpc) is 3.48. The molecule has 3 heterocycles. The first-order valence-electron chi connectivity index (χ1n) is 14.5. The Morgan fingerprint density at radius 2 is 1.82 bits per heavy atom. The van der Waals surface area contributed by atoms with Crippen molar-refractivity contribution in [2.75, 3.05) is 0 Å². The molecule has 8 nitrogen and oxygen atoms in total. The summed E-state index contributed by atoms with van der Waals surface area (Å²) in [6, 6.07) is 12.3. The van der Waals surface area contributed by atoms with Crippen molar-refractivity contribution in [3.05, 3.63) is 70.7 Å². The first-order chi connectivity index (χ1) is 18.9. The van der Waals surface area contributed by atoms with E-state index < -0.39 is 0 Å². The Labute approximate surface area is 230 Å². The van der Waals surface area contributed by atoms with Crippen LogP contribution in [0.4, 0.5) is 0 Å². The first-order valence-corrected chi connectivity index (χ1v) is 14.5. The summed E-state index contributed by atoms with van der Waals surface area (Å²) in [4.78, 5) is 18.8. The predicted molar refractivity (Wildman–Crippen MR) is 154 cm³/mol. The number of nitrogens with one attached hydrogen (secondary N) is 1. The Kier molecular flexibility index (Phi) is 8.10. The molecule has 0 amide bonds. The lowest BCUT2D eigenvalue weighted by Gasteiger charge is -2.36. The largest absolute Gasteiger partial charge is 0.328 e. The van der Waals surface area contributed by atoms with E-state index in [0.717, 1.165) is 53.8 Å². The van der Waals surface area contributed by atoms with Crippen LogP contribution in [0.3, 0.4) is 0 Å². The van der Waals surface area contributed by atoms with Crippen LogP contribution in [0.5, 0.6) is 0 Å². The van der Waals surface area contributed by atoms with Crippen molar-refractivity contribution in [3.8, 4) is 22.5 Å². The number of aryl methyl sites for hydroxylation is 1. The van der Waals surface area contributed by atoms with Crippen LogP contribution in [-0.4, -0.2) is 34.7 Å². The molecule has 1 aliphatic carbocycles. The fourth-order valence-corrected chi connectivity index (χ4v) is 6.19. The maximum atomic E-state index is 14.0. The van der Waals surface area contributed by atoms with Crippen molar-refractivity contribution >= 4 is 0 Å². The fourth-order valence-electron chi connectivity index (χ4n) is 6.19. The molecule has 1 saturated carbocycles. The number of hydrogen-bond acceptors (Lipinski definition) is 5. The zero-order valence-electron chi connectivity index (χ0n) is 23.7. The second-order valence-corrected chi connectivity index (χ2v) is 12.0. The SMILES string of the molecule is CCCCc1cn(C2CCCCCC2C(C)(C)C)c(=O)n1Cc1ccc(-c2ccccc2-c2nn[nH]n2)cn1. The lowest BCUT2D eigenvalue weighted by molar-refractivity contribution is 0.148.